The van der Waals surface area contributed by atoms with Crippen LogP contribution < -0.4 is 5.73 Å². The van der Waals surface area contributed by atoms with Crippen LogP contribution >= 0.6 is 0 Å². The van der Waals surface area contributed by atoms with Crippen molar-refractivity contribution < 1.29 is 4.79 Å². The predicted octanol–water partition coefficient (Wildman–Crippen LogP) is 2.64. The van der Waals surface area contributed by atoms with Crippen LogP contribution in [0.5, 0.6) is 0 Å². The Labute approximate surface area is 106 Å². The fraction of sp³-hybridized carbons (Fsp3) is 0.500. The second-order valence-corrected chi connectivity index (χ2v) is 7.89. The zero-order valence-corrected chi connectivity index (χ0v) is 11.3. The molecule has 0 bridgehead atoms. The number of nitrogen functional groups attached to an aromatic ring is 1. The lowest BCUT2D eigenvalue weighted by Gasteiger charge is -2.21. The molecular formula is C14H20NOS+. The quantitative estimate of drug-likeness (QED) is 0.509. The summed E-state index contributed by atoms with van der Waals surface area (Å²) >= 11 is 0. The fourth-order valence-corrected chi connectivity index (χ4v) is 4.99. The largest absolute Gasteiger partial charge is 0.399 e. The molecule has 92 valence electrons. The molecule has 1 fully saturated rings. The van der Waals surface area contributed by atoms with E-state index in [2.05, 4.69) is 13.8 Å². The summed E-state index contributed by atoms with van der Waals surface area (Å²) in [6.45, 7) is 4.19. The van der Waals surface area contributed by atoms with Crippen molar-refractivity contribution in [3.05, 3.63) is 29.8 Å². The maximum Gasteiger partial charge on any atom is 0.217 e. The molecule has 0 aliphatic carbocycles. The number of ketones is 1. The topological polar surface area (TPSA) is 43.1 Å². The van der Waals surface area contributed by atoms with Crippen molar-refractivity contribution in [2.24, 2.45) is 0 Å². The van der Waals surface area contributed by atoms with Crippen LogP contribution in [0.2, 0.25) is 0 Å². The van der Waals surface area contributed by atoms with Crippen molar-refractivity contribution in [1.29, 1.82) is 0 Å². The van der Waals surface area contributed by atoms with Gasteiger partial charge in [0.25, 0.3) is 0 Å². The third-order valence-electron chi connectivity index (χ3n) is 3.47. The summed E-state index contributed by atoms with van der Waals surface area (Å²) in [5.41, 5.74) is 7.15. The van der Waals surface area contributed by atoms with Crippen molar-refractivity contribution in [2.45, 2.75) is 31.4 Å². The first-order chi connectivity index (χ1) is 8.01. The van der Waals surface area contributed by atoms with Crippen LogP contribution in [0.25, 0.3) is 0 Å². The number of carbonyl (C=O) groups is 1. The first-order valence-electron chi connectivity index (χ1n) is 6.10. The Morgan fingerprint density at radius 3 is 2.24 bits per heavy atom. The average Bonchev–Trinajstić information content (AvgIpc) is 2.83. The number of hydrogen-bond acceptors (Lipinski definition) is 2. The van der Waals surface area contributed by atoms with E-state index in [1.54, 1.807) is 12.1 Å². The Kier molecular flexibility index (Phi) is 3.48. The highest BCUT2D eigenvalue weighted by Gasteiger charge is 2.46. The number of carbonyl (C=O) groups excluding carboxylic acids is 1. The van der Waals surface area contributed by atoms with Gasteiger partial charge in [0.15, 0.2) is 4.75 Å². The van der Waals surface area contributed by atoms with E-state index in [0.717, 1.165) is 5.56 Å². The molecule has 2 rings (SSSR count). The lowest BCUT2D eigenvalue weighted by molar-refractivity contribution is 0.0957. The molecule has 0 atom stereocenters. The lowest BCUT2D eigenvalue weighted by atomic mass is 10.00. The Bertz CT molecular complexity index is 405. The van der Waals surface area contributed by atoms with Crippen molar-refractivity contribution in [3.8, 4) is 0 Å². The smallest absolute Gasteiger partial charge is 0.217 e. The van der Waals surface area contributed by atoms with Crippen LogP contribution in [0.3, 0.4) is 0 Å². The Hall–Kier alpha value is -0.960. The molecule has 0 radical (unpaired) electrons. The van der Waals surface area contributed by atoms with Gasteiger partial charge in [0, 0.05) is 22.1 Å². The Balaban J connectivity index is 2.20. The molecule has 17 heavy (non-hydrogen) atoms. The molecule has 1 aliphatic rings. The number of anilines is 1. The van der Waals surface area contributed by atoms with Crippen LogP contribution in [0, 0.1) is 0 Å². The van der Waals surface area contributed by atoms with Gasteiger partial charge in [-0.05, 0) is 51.0 Å². The van der Waals surface area contributed by atoms with Crippen molar-refractivity contribution in [2.75, 3.05) is 17.2 Å². The molecule has 3 heteroatoms. The summed E-state index contributed by atoms with van der Waals surface area (Å²) in [7, 11) is 0.246. The molecule has 0 saturated carbocycles. The minimum Gasteiger partial charge on any atom is -0.399 e. The zero-order chi connectivity index (χ0) is 12.5. The molecular weight excluding hydrogens is 230 g/mol. The van der Waals surface area contributed by atoms with Crippen molar-refractivity contribution in [1.82, 2.24) is 0 Å². The highest BCUT2D eigenvalue weighted by molar-refractivity contribution is 7.99. The van der Waals surface area contributed by atoms with Crippen molar-refractivity contribution in [3.63, 3.8) is 0 Å². The second kappa shape index (κ2) is 4.73. The summed E-state index contributed by atoms with van der Waals surface area (Å²) in [4.78, 5) is 12.5. The van der Waals surface area contributed by atoms with Crippen LogP contribution in [-0.4, -0.2) is 22.0 Å². The van der Waals surface area contributed by atoms with Crippen LogP contribution in [0.4, 0.5) is 5.69 Å². The summed E-state index contributed by atoms with van der Waals surface area (Å²) in [5.74, 6) is 2.70. The van der Waals surface area contributed by atoms with Gasteiger partial charge in [-0.2, -0.15) is 0 Å². The van der Waals surface area contributed by atoms with Gasteiger partial charge < -0.3 is 5.73 Å². The highest BCUT2D eigenvalue weighted by atomic mass is 32.2. The maximum absolute atomic E-state index is 12.5. The van der Waals surface area contributed by atoms with E-state index in [1.807, 2.05) is 12.1 Å². The Morgan fingerprint density at radius 1 is 1.18 bits per heavy atom. The molecule has 1 saturated heterocycles. The minimum absolute atomic E-state index is 0.216. The number of nitrogens with two attached hydrogens (primary N) is 1. The molecule has 0 spiro atoms. The second-order valence-electron chi connectivity index (χ2n) is 5.07. The van der Waals surface area contributed by atoms with Gasteiger partial charge in [0.2, 0.25) is 5.78 Å². The molecule has 1 aromatic rings. The SMILES string of the molecule is CC(C)(C(=O)c1ccc(N)cc1)[S+]1CCCC1. The number of hydrogen-bond donors (Lipinski definition) is 1. The average molecular weight is 250 g/mol. The first-order valence-corrected chi connectivity index (χ1v) is 7.66. The van der Waals surface area contributed by atoms with Gasteiger partial charge in [-0.25, -0.2) is 0 Å². The van der Waals surface area contributed by atoms with E-state index in [9.17, 15) is 4.79 Å². The maximum atomic E-state index is 12.5. The van der Waals surface area contributed by atoms with E-state index in [1.165, 1.54) is 24.3 Å². The van der Waals surface area contributed by atoms with Gasteiger partial charge in [0.1, 0.15) is 11.5 Å². The van der Waals surface area contributed by atoms with E-state index in [0.29, 0.717) is 5.69 Å². The monoisotopic (exact) mass is 250 g/mol. The molecule has 1 aliphatic heterocycles. The van der Waals surface area contributed by atoms with Gasteiger partial charge in [0.05, 0.1) is 0 Å². The van der Waals surface area contributed by atoms with E-state index >= 15 is 0 Å². The highest BCUT2D eigenvalue weighted by Crippen LogP contribution is 2.30. The van der Waals surface area contributed by atoms with Crippen LogP contribution in [0.1, 0.15) is 37.0 Å². The molecule has 2 N–H and O–H groups in total. The summed E-state index contributed by atoms with van der Waals surface area (Å²) < 4.78 is -0.216. The van der Waals surface area contributed by atoms with Gasteiger partial charge in [-0.1, -0.05) is 0 Å². The molecule has 0 amide bonds. The third-order valence-corrected chi connectivity index (χ3v) is 6.66. The summed E-state index contributed by atoms with van der Waals surface area (Å²) in [5, 5.41) is 0. The summed E-state index contributed by atoms with van der Waals surface area (Å²) in [6, 6.07) is 7.31. The number of rotatable bonds is 3. The molecule has 1 heterocycles. The molecule has 2 nitrogen and oxygen atoms in total. The standard InChI is InChI=1S/C14H19NOS/c1-14(2,17-9-3-4-10-17)13(16)11-5-7-12(15)8-6-11/h5-8H,3-4,9-10H2,1-2H3,(H-,15,16)/p+1. The van der Waals surface area contributed by atoms with Gasteiger partial charge in [-0.15, -0.1) is 0 Å². The number of Topliss-reactive ketones (excluding diaryl/α,β-unsaturated/α-hetero) is 1. The normalized spacial score (nSPS) is 17.3. The van der Waals surface area contributed by atoms with Gasteiger partial charge >= 0.3 is 0 Å². The van der Waals surface area contributed by atoms with E-state index in [-0.39, 0.29) is 21.4 Å². The van der Waals surface area contributed by atoms with Crippen LogP contribution in [-0.2, 0) is 10.9 Å². The number of benzene rings is 1. The minimum atomic E-state index is -0.216. The first kappa shape index (κ1) is 12.5. The summed E-state index contributed by atoms with van der Waals surface area (Å²) in [6.07, 6.45) is 2.56. The molecule has 1 aromatic carbocycles. The van der Waals surface area contributed by atoms with E-state index < -0.39 is 0 Å². The zero-order valence-electron chi connectivity index (χ0n) is 10.5. The predicted molar refractivity (Wildman–Crippen MR) is 75.6 cm³/mol. The fourth-order valence-electron chi connectivity index (χ4n) is 2.28. The molecule has 0 unspecified atom stereocenters. The molecule has 0 aromatic heterocycles. The Morgan fingerprint density at radius 2 is 1.71 bits per heavy atom. The van der Waals surface area contributed by atoms with Crippen molar-refractivity contribution >= 4 is 22.4 Å². The lowest BCUT2D eigenvalue weighted by Crippen LogP contribution is -2.41. The van der Waals surface area contributed by atoms with Gasteiger partial charge in [-0.3, -0.25) is 4.79 Å². The van der Waals surface area contributed by atoms with E-state index in [4.69, 9.17) is 5.73 Å². The third kappa shape index (κ3) is 2.49. The van der Waals surface area contributed by atoms with Crippen LogP contribution in [0.15, 0.2) is 24.3 Å².